The van der Waals surface area contributed by atoms with Gasteiger partial charge in [-0.2, -0.15) is 0 Å². The fraction of sp³-hybridized carbons (Fsp3) is 0.647. The molecule has 2 atom stereocenters. The zero-order chi connectivity index (χ0) is 17.2. The minimum atomic E-state index is -0.402. The Balaban J connectivity index is 1.81. The number of thiophene rings is 1. The number of ether oxygens (including phenoxy) is 1. The monoisotopic (exact) mass is 354 g/mol. The molecule has 1 fully saturated rings. The van der Waals surface area contributed by atoms with Gasteiger partial charge in [-0.3, -0.25) is 10.1 Å². The third kappa shape index (κ3) is 6.98. The molecule has 0 bridgehead atoms. The molecule has 1 saturated heterocycles. The summed E-state index contributed by atoms with van der Waals surface area (Å²) < 4.78 is 5.70. The van der Waals surface area contributed by atoms with E-state index >= 15 is 0 Å². The normalized spacial score (nSPS) is 18.3. The van der Waals surface area contributed by atoms with E-state index in [9.17, 15) is 9.59 Å². The number of rotatable bonds is 9. The van der Waals surface area contributed by atoms with Crippen molar-refractivity contribution >= 4 is 23.3 Å². The first-order valence-electron chi connectivity index (χ1n) is 8.72. The first kappa shape index (κ1) is 18.9. The van der Waals surface area contributed by atoms with E-state index in [1.165, 1.54) is 4.88 Å². The van der Waals surface area contributed by atoms with Crippen molar-refractivity contribution in [3.8, 4) is 0 Å². The lowest BCUT2D eigenvalue weighted by Gasteiger charge is -2.21. The summed E-state index contributed by atoms with van der Waals surface area (Å²) >= 11 is 1.69. The zero-order valence-corrected chi connectivity index (χ0v) is 15.1. The quantitative estimate of drug-likeness (QED) is 0.578. The van der Waals surface area contributed by atoms with Crippen LogP contribution in [0.3, 0.4) is 0 Å². The highest BCUT2D eigenvalue weighted by Crippen LogP contribution is 2.10. The van der Waals surface area contributed by atoms with E-state index in [-0.39, 0.29) is 18.6 Å². The predicted molar refractivity (Wildman–Crippen MR) is 94.1 cm³/mol. The summed E-state index contributed by atoms with van der Waals surface area (Å²) in [5, 5.41) is 7.17. The van der Waals surface area contributed by atoms with E-state index in [0.29, 0.717) is 6.54 Å². The minimum Gasteiger partial charge on any atom is -0.372 e. The van der Waals surface area contributed by atoms with E-state index in [0.717, 1.165) is 50.3 Å². The largest absolute Gasteiger partial charge is 0.372 e. The van der Waals surface area contributed by atoms with Crippen molar-refractivity contribution in [1.82, 2.24) is 10.6 Å². The van der Waals surface area contributed by atoms with E-state index < -0.39 is 6.03 Å². The summed E-state index contributed by atoms with van der Waals surface area (Å²) in [7, 11) is 0. The Morgan fingerprint density at radius 1 is 1.46 bits per heavy atom. The molecule has 1 aromatic heterocycles. The highest BCUT2D eigenvalue weighted by molar-refractivity contribution is 7.09. The molecule has 0 aliphatic carbocycles. The number of unbranched alkanes of at least 4 members (excludes halogenated alkanes) is 1. The number of carbonyl (C=O) groups is 2. The second-order valence-corrected chi connectivity index (χ2v) is 7.21. The molecule has 2 heterocycles. The van der Waals surface area contributed by atoms with Crippen molar-refractivity contribution in [3.63, 3.8) is 0 Å². The first-order chi connectivity index (χ1) is 11.7. The summed E-state index contributed by atoms with van der Waals surface area (Å²) in [4.78, 5) is 26.2. The molecular formula is C17H28N3O3S+. The summed E-state index contributed by atoms with van der Waals surface area (Å²) in [6, 6.07) is 3.70. The Morgan fingerprint density at radius 2 is 2.33 bits per heavy atom. The van der Waals surface area contributed by atoms with Crippen LogP contribution in [0.2, 0.25) is 0 Å². The third-order valence-electron chi connectivity index (χ3n) is 4.02. The average molecular weight is 354 g/mol. The van der Waals surface area contributed by atoms with Crippen molar-refractivity contribution in [2.24, 2.45) is 0 Å². The number of hydrogen-bond donors (Lipinski definition) is 3. The molecule has 0 aromatic carbocycles. The van der Waals surface area contributed by atoms with Crippen LogP contribution in [0, 0.1) is 0 Å². The topological polar surface area (TPSA) is 71.9 Å². The summed E-state index contributed by atoms with van der Waals surface area (Å²) in [6.45, 7) is 5.31. The number of amides is 3. The summed E-state index contributed by atoms with van der Waals surface area (Å²) in [5.41, 5.74) is 0. The van der Waals surface area contributed by atoms with Gasteiger partial charge in [-0.05, 0) is 30.7 Å². The fourth-order valence-corrected chi connectivity index (χ4v) is 3.59. The molecule has 0 spiro atoms. The van der Waals surface area contributed by atoms with Crippen LogP contribution in [0.1, 0.15) is 37.5 Å². The van der Waals surface area contributed by atoms with Gasteiger partial charge >= 0.3 is 6.03 Å². The molecule has 3 amide bonds. The van der Waals surface area contributed by atoms with Crippen LogP contribution in [0.5, 0.6) is 0 Å². The highest BCUT2D eigenvalue weighted by Gasteiger charge is 2.24. The van der Waals surface area contributed by atoms with Crippen molar-refractivity contribution in [1.29, 1.82) is 0 Å². The van der Waals surface area contributed by atoms with Gasteiger partial charge in [0.05, 0.1) is 4.88 Å². The molecule has 2 rings (SSSR count). The lowest BCUT2D eigenvalue weighted by molar-refractivity contribution is -0.908. The first-order valence-corrected chi connectivity index (χ1v) is 9.60. The van der Waals surface area contributed by atoms with Crippen LogP contribution in [0.4, 0.5) is 4.79 Å². The zero-order valence-electron chi connectivity index (χ0n) is 14.3. The number of imide groups is 1. The molecule has 134 valence electrons. The van der Waals surface area contributed by atoms with E-state index in [1.54, 1.807) is 11.3 Å². The van der Waals surface area contributed by atoms with Crippen molar-refractivity contribution in [3.05, 3.63) is 22.4 Å². The molecule has 1 aliphatic rings. The van der Waals surface area contributed by atoms with Crippen LogP contribution in [0.15, 0.2) is 17.5 Å². The van der Waals surface area contributed by atoms with Crippen LogP contribution in [-0.2, 0) is 16.1 Å². The standard InChI is InChI=1S/C17H27N3O3S/c1-2-3-8-18-17(22)19-16(21)13-20(11-14-6-4-9-23-14)12-15-7-5-10-24-15/h5,7,10,14H,2-4,6,8-9,11-13H2,1H3,(H2,18,19,21,22)/p+1/t14-/m1/s1. The van der Waals surface area contributed by atoms with Crippen LogP contribution < -0.4 is 15.5 Å². The van der Waals surface area contributed by atoms with Gasteiger partial charge < -0.3 is 15.0 Å². The van der Waals surface area contributed by atoms with Gasteiger partial charge in [0.25, 0.3) is 5.91 Å². The number of carbonyl (C=O) groups excluding carboxylic acids is 2. The number of quaternary nitrogens is 1. The molecule has 3 N–H and O–H groups in total. The SMILES string of the molecule is CCCCNC(=O)NC(=O)C[NH+](Cc1cccs1)C[C@H]1CCCO1. The Hall–Kier alpha value is -1.44. The number of hydrogen-bond acceptors (Lipinski definition) is 4. The van der Waals surface area contributed by atoms with Gasteiger partial charge in [0.1, 0.15) is 19.2 Å². The van der Waals surface area contributed by atoms with Gasteiger partial charge in [0.15, 0.2) is 6.54 Å². The highest BCUT2D eigenvalue weighted by atomic mass is 32.1. The summed E-state index contributed by atoms with van der Waals surface area (Å²) in [5.74, 6) is -0.242. The Labute approximate surface area is 147 Å². The van der Waals surface area contributed by atoms with Crippen LogP contribution in [-0.4, -0.2) is 44.3 Å². The maximum absolute atomic E-state index is 12.2. The fourth-order valence-electron chi connectivity index (χ4n) is 2.81. The predicted octanol–water partition coefficient (Wildman–Crippen LogP) is 0.938. The average Bonchev–Trinajstić information content (AvgIpc) is 3.21. The smallest absolute Gasteiger partial charge is 0.321 e. The molecule has 0 radical (unpaired) electrons. The Kier molecular flexibility index (Phi) is 8.21. The van der Waals surface area contributed by atoms with E-state index in [4.69, 9.17) is 4.74 Å². The molecule has 0 saturated carbocycles. The Bertz CT molecular complexity index is 501. The lowest BCUT2D eigenvalue weighted by Crippen LogP contribution is -3.13. The minimum absolute atomic E-state index is 0.214. The second-order valence-electron chi connectivity index (χ2n) is 6.18. The lowest BCUT2D eigenvalue weighted by atomic mass is 10.2. The molecule has 1 aromatic rings. The van der Waals surface area contributed by atoms with Gasteiger partial charge in [-0.1, -0.05) is 19.4 Å². The van der Waals surface area contributed by atoms with Crippen molar-refractivity contribution in [2.45, 2.75) is 45.3 Å². The maximum Gasteiger partial charge on any atom is 0.321 e. The van der Waals surface area contributed by atoms with Gasteiger partial charge in [-0.25, -0.2) is 4.79 Å². The van der Waals surface area contributed by atoms with Crippen molar-refractivity contribution < 1.29 is 19.2 Å². The summed E-state index contributed by atoms with van der Waals surface area (Å²) in [6.07, 6.45) is 4.27. The second kappa shape index (κ2) is 10.4. The molecule has 24 heavy (non-hydrogen) atoms. The molecular weight excluding hydrogens is 326 g/mol. The van der Waals surface area contributed by atoms with E-state index in [1.807, 2.05) is 11.4 Å². The number of nitrogens with one attached hydrogen (secondary N) is 3. The van der Waals surface area contributed by atoms with Crippen LogP contribution >= 0.6 is 11.3 Å². The Morgan fingerprint density at radius 3 is 3.00 bits per heavy atom. The van der Waals surface area contributed by atoms with E-state index in [2.05, 4.69) is 23.6 Å². The maximum atomic E-state index is 12.2. The van der Waals surface area contributed by atoms with Crippen LogP contribution in [0.25, 0.3) is 0 Å². The molecule has 6 nitrogen and oxygen atoms in total. The van der Waals surface area contributed by atoms with Crippen molar-refractivity contribution in [2.75, 3.05) is 26.2 Å². The van der Waals surface area contributed by atoms with Gasteiger partial charge in [0.2, 0.25) is 0 Å². The van der Waals surface area contributed by atoms with Gasteiger partial charge in [0, 0.05) is 13.2 Å². The molecule has 1 unspecified atom stereocenters. The molecule has 7 heteroatoms. The third-order valence-corrected chi connectivity index (χ3v) is 4.90. The number of urea groups is 1. The molecule has 1 aliphatic heterocycles. The van der Waals surface area contributed by atoms with Gasteiger partial charge in [-0.15, -0.1) is 11.3 Å².